The minimum Gasteiger partial charge on any atom is -0.354 e. The number of imidazole rings is 1. The fourth-order valence-corrected chi connectivity index (χ4v) is 2.68. The minimum atomic E-state index is -2.77. The first-order chi connectivity index (χ1) is 14.4. The second-order valence-electron chi connectivity index (χ2n) is 6.08. The Bertz CT molecular complexity index is 1080. The molecule has 3 rings (SSSR count). The molecule has 0 aliphatic heterocycles. The maximum absolute atomic E-state index is 13.1. The molecular formula is C20H17F2N5O3. The van der Waals surface area contributed by atoms with Crippen LogP contribution in [0.25, 0.3) is 0 Å². The second-order valence-corrected chi connectivity index (χ2v) is 6.08. The predicted octanol–water partition coefficient (Wildman–Crippen LogP) is 3.21. The summed E-state index contributed by atoms with van der Waals surface area (Å²) in [4.78, 5) is 42.9. The van der Waals surface area contributed by atoms with Crippen LogP contribution in [-0.4, -0.2) is 34.7 Å². The van der Waals surface area contributed by atoms with E-state index in [4.69, 9.17) is 0 Å². The molecule has 0 bridgehead atoms. The number of aromatic nitrogens is 2. The van der Waals surface area contributed by atoms with Gasteiger partial charge >= 0.3 is 0 Å². The number of anilines is 2. The molecule has 3 amide bonds. The number of hydrogen-bond donors (Lipinski definition) is 4. The first-order valence-corrected chi connectivity index (χ1v) is 8.76. The van der Waals surface area contributed by atoms with Gasteiger partial charge in [-0.3, -0.25) is 14.4 Å². The number of nitrogens with zero attached hydrogens (tertiary/aromatic N) is 1. The molecule has 1 aromatic heterocycles. The van der Waals surface area contributed by atoms with Crippen molar-refractivity contribution < 1.29 is 23.2 Å². The van der Waals surface area contributed by atoms with Crippen molar-refractivity contribution in [2.45, 2.75) is 6.43 Å². The number of alkyl halides is 2. The molecule has 3 aromatic rings. The summed E-state index contributed by atoms with van der Waals surface area (Å²) in [6, 6.07) is 11.5. The zero-order valence-corrected chi connectivity index (χ0v) is 15.7. The van der Waals surface area contributed by atoms with Crippen LogP contribution in [0.2, 0.25) is 0 Å². The lowest BCUT2D eigenvalue weighted by Crippen LogP contribution is -2.23. The molecule has 0 aliphatic rings. The fraction of sp³-hybridized carbons (Fsp3) is 0.100. The molecule has 30 heavy (non-hydrogen) atoms. The normalized spacial score (nSPS) is 10.5. The topological polar surface area (TPSA) is 116 Å². The Labute approximate surface area is 169 Å². The summed E-state index contributed by atoms with van der Waals surface area (Å²) in [5.74, 6) is -1.76. The van der Waals surface area contributed by atoms with Crippen molar-refractivity contribution in [2.75, 3.05) is 17.7 Å². The Morgan fingerprint density at radius 2 is 1.50 bits per heavy atom. The number of carbonyl (C=O) groups excluding carboxylic acids is 3. The van der Waals surface area contributed by atoms with Crippen molar-refractivity contribution in [1.82, 2.24) is 15.3 Å². The van der Waals surface area contributed by atoms with E-state index in [9.17, 15) is 23.2 Å². The van der Waals surface area contributed by atoms with E-state index in [1.54, 1.807) is 0 Å². The van der Waals surface area contributed by atoms with Gasteiger partial charge in [0.05, 0.1) is 6.33 Å². The highest BCUT2D eigenvalue weighted by molar-refractivity contribution is 6.10. The zero-order valence-electron chi connectivity index (χ0n) is 15.7. The summed E-state index contributed by atoms with van der Waals surface area (Å²) in [5.41, 5.74) is 0.214. The molecule has 4 N–H and O–H groups in total. The number of hydrogen-bond acceptors (Lipinski definition) is 4. The van der Waals surface area contributed by atoms with Gasteiger partial charge in [-0.05, 0) is 30.3 Å². The van der Waals surface area contributed by atoms with E-state index in [0.29, 0.717) is 11.4 Å². The Hall–Kier alpha value is -4.08. The maximum atomic E-state index is 13.1. The minimum absolute atomic E-state index is 0.0246. The van der Waals surface area contributed by atoms with Gasteiger partial charge in [-0.25, -0.2) is 13.8 Å². The first kappa shape index (κ1) is 20.6. The van der Waals surface area contributed by atoms with Crippen LogP contribution in [0.15, 0.2) is 54.9 Å². The average Bonchev–Trinajstić information content (AvgIpc) is 3.24. The Morgan fingerprint density at radius 1 is 0.900 bits per heavy atom. The zero-order chi connectivity index (χ0) is 21.7. The Kier molecular flexibility index (Phi) is 6.16. The van der Waals surface area contributed by atoms with Gasteiger partial charge in [-0.2, -0.15) is 0 Å². The van der Waals surface area contributed by atoms with Crippen LogP contribution in [0.5, 0.6) is 0 Å². The van der Waals surface area contributed by atoms with E-state index in [0.717, 1.165) is 0 Å². The van der Waals surface area contributed by atoms with Crippen molar-refractivity contribution >= 4 is 29.1 Å². The highest BCUT2D eigenvalue weighted by Crippen LogP contribution is 2.24. The quantitative estimate of drug-likeness (QED) is 0.497. The van der Waals surface area contributed by atoms with E-state index < -0.39 is 24.1 Å². The van der Waals surface area contributed by atoms with Crippen LogP contribution in [0.4, 0.5) is 20.2 Å². The van der Waals surface area contributed by atoms with Gasteiger partial charge in [0.15, 0.2) is 5.69 Å². The van der Waals surface area contributed by atoms with E-state index in [2.05, 4.69) is 25.9 Å². The average molecular weight is 413 g/mol. The molecule has 8 nitrogen and oxygen atoms in total. The molecule has 0 saturated heterocycles. The number of aromatic amines is 1. The molecule has 154 valence electrons. The lowest BCUT2D eigenvalue weighted by atomic mass is 10.1. The van der Waals surface area contributed by atoms with Gasteiger partial charge in [0.2, 0.25) is 0 Å². The number of H-pyrrole nitrogens is 1. The summed E-state index contributed by atoms with van der Waals surface area (Å²) >= 11 is 0. The van der Waals surface area contributed by atoms with Crippen LogP contribution < -0.4 is 16.0 Å². The van der Waals surface area contributed by atoms with Crippen molar-refractivity contribution in [3.8, 4) is 0 Å². The molecule has 0 unspecified atom stereocenters. The molecule has 0 radical (unpaired) electrons. The third-order valence-corrected chi connectivity index (χ3v) is 4.15. The summed E-state index contributed by atoms with van der Waals surface area (Å²) in [7, 11) is 1.43. The molecule has 0 aliphatic carbocycles. The Balaban J connectivity index is 1.69. The van der Waals surface area contributed by atoms with Crippen LogP contribution >= 0.6 is 0 Å². The predicted molar refractivity (Wildman–Crippen MR) is 106 cm³/mol. The lowest BCUT2D eigenvalue weighted by Gasteiger charge is -2.10. The lowest BCUT2D eigenvalue weighted by molar-refractivity contribution is 0.0943. The second kappa shape index (κ2) is 8.95. The van der Waals surface area contributed by atoms with Crippen molar-refractivity contribution in [3.63, 3.8) is 0 Å². The monoisotopic (exact) mass is 413 g/mol. The number of carbonyl (C=O) groups is 3. The van der Waals surface area contributed by atoms with Crippen molar-refractivity contribution in [1.29, 1.82) is 0 Å². The standard InChI is InChI=1S/C20H17F2N5O3/c1-23-19(29)15-16(25-10-24-15)20(30)27-12-8-6-11(7-9-12)26-18(28)14-5-3-2-4-13(14)17(21)22/h2-10,17H,1H3,(H,23,29)(H,24,25)(H,26,28)(H,27,30). The summed E-state index contributed by atoms with van der Waals surface area (Å²) in [6.45, 7) is 0. The number of rotatable bonds is 6. The van der Waals surface area contributed by atoms with Crippen LogP contribution in [0.3, 0.4) is 0 Å². The highest BCUT2D eigenvalue weighted by Gasteiger charge is 2.20. The third-order valence-electron chi connectivity index (χ3n) is 4.15. The van der Waals surface area contributed by atoms with Gasteiger partial charge in [-0.1, -0.05) is 18.2 Å². The van der Waals surface area contributed by atoms with Gasteiger partial charge in [0, 0.05) is 29.5 Å². The summed E-state index contributed by atoms with van der Waals surface area (Å²) in [5, 5.41) is 7.52. The summed E-state index contributed by atoms with van der Waals surface area (Å²) in [6.07, 6.45) is -1.54. The molecular weight excluding hydrogens is 396 g/mol. The summed E-state index contributed by atoms with van der Waals surface area (Å²) < 4.78 is 26.1. The molecule has 10 heteroatoms. The number of benzene rings is 2. The van der Waals surface area contributed by atoms with Gasteiger partial charge in [0.25, 0.3) is 24.1 Å². The van der Waals surface area contributed by atoms with E-state index >= 15 is 0 Å². The maximum Gasteiger partial charge on any atom is 0.276 e. The first-order valence-electron chi connectivity index (χ1n) is 8.76. The van der Waals surface area contributed by atoms with Crippen LogP contribution in [-0.2, 0) is 0 Å². The SMILES string of the molecule is CNC(=O)c1[nH]cnc1C(=O)Nc1ccc(NC(=O)c2ccccc2C(F)F)cc1. The van der Waals surface area contributed by atoms with Crippen LogP contribution in [0.1, 0.15) is 43.3 Å². The van der Waals surface area contributed by atoms with Crippen molar-refractivity contribution in [2.24, 2.45) is 0 Å². The number of nitrogens with one attached hydrogen (secondary N) is 4. The fourth-order valence-electron chi connectivity index (χ4n) is 2.68. The molecule has 0 atom stereocenters. The van der Waals surface area contributed by atoms with Crippen LogP contribution in [0, 0.1) is 0 Å². The molecule has 1 heterocycles. The van der Waals surface area contributed by atoms with E-state index in [-0.39, 0.29) is 22.5 Å². The van der Waals surface area contributed by atoms with E-state index in [1.807, 2.05) is 0 Å². The highest BCUT2D eigenvalue weighted by atomic mass is 19.3. The largest absolute Gasteiger partial charge is 0.354 e. The molecule has 0 spiro atoms. The third kappa shape index (κ3) is 4.49. The molecule has 0 fully saturated rings. The van der Waals surface area contributed by atoms with Gasteiger partial charge in [0.1, 0.15) is 5.69 Å². The smallest absolute Gasteiger partial charge is 0.276 e. The molecule has 0 saturated carbocycles. The molecule has 2 aromatic carbocycles. The Morgan fingerprint density at radius 3 is 2.10 bits per heavy atom. The van der Waals surface area contributed by atoms with Crippen molar-refractivity contribution in [3.05, 3.63) is 77.4 Å². The van der Waals surface area contributed by atoms with E-state index in [1.165, 1.54) is 61.9 Å². The number of halogens is 2. The van der Waals surface area contributed by atoms with Gasteiger partial charge < -0.3 is 20.9 Å². The van der Waals surface area contributed by atoms with Gasteiger partial charge in [-0.15, -0.1) is 0 Å². The number of amides is 3.